The number of nitrogen functional groups attached to an aromatic ring is 1. The van der Waals surface area contributed by atoms with Crippen LogP contribution in [0.15, 0.2) is 48.7 Å². The third-order valence-electron chi connectivity index (χ3n) is 2.51. The minimum Gasteiger partial charge on any atom is -0.384 e. The number of rotatable bonds is 5. The topological polar surface area (TPSA) is 68.0 Å². The highest BCUT2D eigenvalue weighted by Gasteiger charge is 2.04. The van der Waals surface area contributed by atoms with Crippen molar-refractivity contribution in [2.45, 2.75) is 6.42 Å². The zero-order valence-corrected chi connectivity index (χ0v) is 9.97. The first-order valence-corrected chi connectivity index (χ1v) is 5.75. The van der Waals surface area contributed by atoms with E-state index in [0.29, 0.717) is 18.8 Å². The third kappa shape index (κ3) is 3.59. The summed E-state index contributed by atoms with van der Waals surface area (Å²) < 4.78 is 0. The Kier molecular flexibility index (Phi) is 3.91. The predicted octanol–water partition coefficient (Wildman–Crippen LogP) is 1.89. The van der Waals surface area contributed by atoms with Crippen molar-refractivity contribution in [3.05, 3.63) is 54.2 Å². The van der Waals surface area contributed by atoms with Crippen molar-refractivity contribution in [1.82, 2.24) is 4.98 Å². The van der Waals surface area contributed by atoms with Gasteiger partial charge in [-0.25, -0.2) is 4.98 Å². The number of anilines is 2. The van der Waals surface area contributed by atoms with E-state index in [1.807, 2.05) is 30.3 Å². The molecule has 4 nitrogen and oxygen atoms in total. The largest absolute Gasteiger partial charge is 0.384 e. The monoisotopic (exact) mass is 241 g/mol. The summed E-state index contributed by atoms with van der Waals surface area (Å²) in [5, 5.41) is 3.08. The number of benzene rings is 1. The highest BCUT2D eigenvalue weighted by Crippen LogP contribution is 2.06. The highest BCUT2D eigenvalue weighted by molar-refractivity contribution is 5.85. The zero-order chi connectivity index (χ0) is 12.8. The Bertz CT molecular complexity index is 526. The van der Waals surface area contributed by atoms with Gasteiger partial charge in [0.15, 0.2) is 5.78 Å². The molecule has 3 N–H and O–H groups in total. The summed E-state index contributed by atoms with van der Waals surface area (Å²) in [5.41, 5.74) is 7.40. The van der Waals surface area contributed by atoms with Crippen molar-refractivity contribution in [3.63, 3.8) is 0 Å². The van der Waals surface area contributed by atoms with E-state index in [0.717, 1.165) is 11.3 Å². The first-order chi connectivity index (χ1) is 8.74. The first kappa shape index (κ1) is 12.1. The quantitative estimate of drug-likeness (QED) is 0.838. The number of nitrogens with one attached hydrogen (secondary N) is 1. The van der Waals surface area contributed by atoms with Gasteiger partial charge in [-0.15, -0.1) is 0 Å². The van der Waals surface area contributed by atoms with Gasteiger partial charge < -0.3 is 11.1 Å². The molecule has 0 aliphatic rings. The van der Waals surface area contributed by atoms with Gasteiger partial charge in [0.25, 0.3) is 0 Å². The van der Waals surface area contributed by atoms with Gasteiger partial charge in [-0.2, -0.15) is 0 Å². The van der Waals surface area contributed by atoms with Crippen molar-refractivity contribution >= 4 is 17.3 Å². The van der Waals surface area contributed by atoms with Crippen LogP contribution in [0.5, 0.6) is 0 Å². The number of Topliss-reactive ketones (excluding diaryl/α,β-unsaturated/α-hetero) is 1. The number of ketones is 1. The lowest BCUT2D eigenvalue weighted by Gasteiger charge is -2.05. The Labute approximate surface area is 106 Å². The van der Waals surface area contributed by atoms with Crippen LogP contribution in [0.2, 0.25) is 0 Å². The molecule has 0 unspecified atom stereocenters. The summed E-state index contributed by atoms with van der Waals surface area (Å²) in [6.45, 7) is 0.312. The molecule has 2 rings (SSSR count). The lowest BCUT2D eigenvalue weighted by atomic mass is 10.1. The van der Waals surface area contributed by atoms with Crippen LogP contribution in [0.4, 0.5) is 11.5 Å². The van der Waals surface area contributed by atoms with E-state index in [9.17, 15) is 4.79 Å². The molecule has 0 amide bonds. The molecular formula is C14H15N3O. The Balaban J connectivity index is 1.86. The summed E-state index contributed by atoms with van der Waals surface area (Å²) in [4.78, 5) is 15.7. The number of hydrogen-bond acceptors (Lipinski definition) is 4. The van der Waals surface area contributed by atoms with Crippen molar-refractivity contribution in [3.8, 4) is 0 Å². The summed E-state index contributed by atoms with van der Waals surface area (Å²) in [7, 11) is 0. The van der Waals surface area contributed by atoms with E-state index < -0.39 is 0 Å². The average Bonchev–Trinajstić information content (AvgIpc) is 2.38. The van der Waals surface area contributed by atoms with Gasteiger partial charge in [-0.1, -0.05) is 18.2 Å². The van der Waals surface area contributed by atoms with Crippen molar-refractivity contribution < 1.29 is 4.79 Å². The van der Waals surface area contributed by atoms with Crippen LogP contribution in [0.25, 0.3) is 0 Å². The second-order valence-corrected chi connectivity index (χ2v) is 4.02. The van der Waals surface area contributed by atoms with E-state index in [1.165, 1.54) is 0 Å². The number of pyridine rings is 1. The Morgan fingerprint density at radius 1 is 1.22 bits per heavy atom. The van der Waals surface area contributed by atoms with Gasteiger partial charge >= 0.3 is 0 Å². The van der Waals surface area contributed by atoms with E-state index in [1.54, 1.807) is 18.3 Å². The lowest BCUT2D eigenvalue weighted by molar-refractivity contribution is -0.116. The molecule has 0 saturated carbocycles. The molecule has 1 aromatic carbocycles. The average molecular weight is 241 g/mol. The minimum absolute atomic E-state index is 0.115. The molecule has 2 aromatic rings. The molecule has 0 radical (unpaired) electrons. The number of carbonyl (C=O) groups is 1. The van der Waals surface area contributed by atoms with Crippen LogP contribution in [0, 0.1) is 0 Å². The lowest BCUT2D eigenvalue weighted by Crippen LogP contribution is -2.16. The molecule has 0 saturated heterocycles. The van der Waals surface area contributed by atoms with Gasteiger partial charge in [0, 0.05) is 18.3 Å². The van der Waals surface area contributed by atoms with Crippen LogP contribution in [0.1, 0.15) is 5.56 Å². The molecule has 0 aliphatic heterocycles. The number of carbonyl (C=O) groups excluding carboxylic acids is 1. The number of aromatic nitrogens is 1. The molecule has 1 heterocycles. The Morgan fingerprint density at radius 2 is 2.00 bits per heavy atom. The van der Waals surface area contributed by atoms with Crippen LogP contribution in [-0.4, -0.2) is 17.3 Å². The van der Waals surface area contributed by atoms with E-state index in [4.69, 9.17) is 5.73 Å². The molecule has 0 fully saturated rings. The summed E-state index contributed by atoms with van der Waals surface area (Å²) >= 11 is 0. The van der Waals surface area contributed by atoms with Crippen LogP contribution >= 0.6 is 0 Å². The van der Waals surface area contributed by atoms with Gasteiger partial charge in [-0.05, 0) is 29.8 Å². The second kappa shape index (κ2) is 5.82. The summed E-state index contributed by atoms with van der Waals surface area (Å²) in [5.74, 6) is 0.556. The van der Waals surface area contributed by atoms with Crippen LogP contribution in [-0.2, 0) is 11.2 Å². The fourth-order valence-corrected chi connectivity index (χ4v) is 1.65. The molecule has 0 bridgehead atoms. The highest BCUT2D eigenvalue weighted by atomic mass is 16.1. The van der Waals surface area contributed by atoms with Gasteiger partial charge in [-0.3, -0.25) is 4.79 Å². The van der Waals surface area contributed by atoms with E-state index in [2.05, 4.69) is 10.3 Å². The maximum Gasteiger partial charge on any atom is 0.156 e. The number of nitrogens with two attached hydrogens (primary N) is 1. The third-order valence-corrected chi connectivity index (χ3v) is 2.51. The SMILES string of the molecule is Nc1cc(CC(=O)CNc2ccccc2)ccn1. The zero-order valence-electron chi connectivity index (χ0n) is 9.97. The predicted molar refractivity (Wildman–Crippen MR) is 72.3 cm³/mol. The Morgan fingerprint density at radius 3 is 2.72 bits per heavy atom. The van der Waals surface area contributed by atoms with E-state index >= 15 is 0 Å². The molecule has 18 heavy (non-hydrogen) atoms. The maximum atomic E-state index is 11.8. The number of hydrogen-bond donors (Lipinski definition) is 2. The van der Waals surface area contributed by atoms with Crippen LogP contribution < -0.4 is 11.1 Å². The summed E-state index contributed by atoms with van der Waals surface area (Å²) in [6, 6.07) is 13.2. The van der Waals surface area contributed by atoms with Gasteiger partial charge in [0.2, 0.25) is 0 Å². The molecule has 92 valence electrons. The smallest absolute Gasteiger partial charge is 0.156 e. The number of para-hydroxylation sites is 1. The molecular weight excluding hydrogens is 226 g/mol. The molecule has 0 atom stereocenters. The molecule has 4 heteroatoms. The standard InChI is InChI=1S/C14H15N3O/c15-14-9-11(6-7-16-14)8-13(18)10-17-12-4-2-1-3-5-12/h1-7,9,17H,8,10H2,(H2,15,16). The first-order valence-electron chi connectivity index (χ1n) is 5.75. The molecule has 0 spiro atoms. The van der Waals surface area contributed by atoms with Gasteiger partial charge in [0.1, 0.15) is 5.82 Å². The molecule has 1 aromatic heterocycles. The fourth-order valence-electron chi connectivity index (χ4n) is 1.65. The normalized spacial score (nSPS) is 10.0. The Hall–Kier alpha value is -2.36. The van der Waals surface area contributed by atoms with Crippen molar-refractivity contribution in [2.75, 3.05) is 17.6 Å². The minimum atomic E-state index is 0.115. The van der Waals surface area contributed by atoms with Crippen molar-refractivity contribution in [2.24, 2.45) is 0 Å². The van der Waals surface area contributed by atoms with Crippen LogP contribution in [0.3, 0.4) is 0 Å². The van der Waals surface area contributed by atoms with Crippen molar-refractivity contribution in [1.29, 1.82) is 0 Å². The molecule has 0 aliphatic carbocycles. The fraction of sp³-hybridized carbons (Fsp3) is 0.143. The second-order valence-electron chi connectivity index (χ2n) is 4.02. The number of nitrogens with zero attached hydrogens (tertiary/aromatic N) is 1. The summed E-state index contributed by atoms with van der Waals surface area (Å²) in [6.07, 6.45) is 1.98. The maximum absolute atomic E-state index is 11.8. The van der Waals surface area contributed by atoms with E-state index in [-0.39, 0.29) is 5.78 Å². The van der Waals surface area contributed by atoms with Gasteiger partial charge in [0.05, 0.1) is 6.54 Å².